The summed E-state index contributed by atoms with van der Waals surface area (Å²) in [5.41, 5.74) is 0.699. The molecule has 6 heteroatoms. The molecule has 1 aromatic rings. The number of amides is 1. The van der Waals surface area contributed by atoms with E-state index in [2.05, 4.69) is 0 Å². The molecule has 0 spiro atoms. The molecule has 1 N–H and O–H groups in total. The SMILES string of the molecule is O=C(O)C1CCCCN1C(=O)/C=C/c1cc(Cl)cc(Cl)c1. The number of hydrogen-bond donors (Lipinski definition) is 1. The second-order valence-electron chi connectivity index (χ2n) is 4.92. The van der Waals surface area contributed by atoms with Crippen molar-refractivity contribution in [3.63, 3.8) is 0 Å². The van der Waals surface area contributed by atoms with Crippen molar-refractivity contribution in [1.29, 1.82) is 0 Å². The van der Waals surface area contributed by atoms with Gasteiger partial charge in [-0.2, -0.15) is 0 Å². The molecule has 0 bridgehead atoms. The molecule has 1 amide bonds. The van der Waals surface area contributed by atoms with E-state index in [4.69, 9.17) is 28.3 Å². The Morgan fingerprint density at radius 1 is 1.19 bits per heavy atom. The van der Waals surface area contributed by atoms with Crippen LogP contribution in [0, 0.1) is 0 Å². The Morgan fingerprint density at radius 2 is 1.86 bits per heavy atom. The normalized spacial score (nSPS) is 19.0. The summed E-state index contributed by atoms with van der Waals surface area (Å²) < 4.78 is 0. The zero-order valence-electron chi connectivity index (χ0n) is 11.3. The molecule has 1 saturated heterocycles. The minimum absolute atomic E-state index is 0.307. The van der Waals surface area contributed by atoms with Gasteiger partial charge in [0.15, 0.2) is 0 Å². The van der Waals surface area contributed by atoms with Gasteiger partial charge in [0.05, 0.1) is 0 Å². The molecular formula is C15H15Cl2NO3. The molecule has 1 aromatic carbocycles. The number of piperidine rings is 1. The average molecular weight is 328 g/mol. The monoisotopic (exact) mass is 327 g/mol. The molecule has 1 aliphatic heterocycles. The number of hydrogen-bond acceptors (Lipinski definition) is 2. The Hall–Kier alpha value is -1.52. The second kappa shape index (κ2) is 6.96. The Kier molecular flexibility index (Phi) is 5.26. The van der Waals surface area contributed by atoms with Crippen molar-refractivity contribution in [2.45, 2.75) is 25.3 Å². The van der Waals surface area contributed by atoms with Crippen LogP contribution in [0.5, 0.6) is 0 Å². The van der Waals surface area contributed by atoms with E-state index >= 15 is 0 Å². The molecule has 2 rings (SSSR count). The molecule has 1 unspecified atom stereocenters. The number of likely N-dealkylation sites (tertiary alicyclic amines) is 1. The predicted octanol–water partition coefficient (Wildman–Crippen LogP) is 3.47. The van der Waals surface area contributed by atoms with Gasteiger partial charge in [-0.05, 0) is 49.1 Å². The number of rotatable bonds is 3. The summed E-state index contributed by atoms with van der Waals surface area (Å²) in [7, 11) is 0. The minimum Gasteiger partial charge on any atom is -0.480 e. The quantitative estimate of drug-likeness (QED) is 0.865. The highest BCUT2D eigenvalue weighted by atomic mass is 35.5. The minimum atomic E-state index is -0.956. The van der Waals surface area contributed by atoms with Crippen molar-refractivity contribution >= 4 is 41.2 Å². The molecule has 4 nitrogen and oxygen atoms in total. The molecule has 112 valence electrons. The van der Waals surface area contributed by atoms with Crippen LogP contribution >= 0.6 is 23.2 Å². The van der Waals surface area contributed by atoms with Crippen LogP contribution in [-0.4, -0.2) is 34.5 Å². The largest absolute Gasteiger partial charge is 0.480 e. The summed E-state index contributed by atoms with van der Waals surface area (Å²) in [5, 5.41) is 10.1. The summed E-state index contributed by atoms with van der Waals surface area (Å²) in [6.07, 6.45) is 5.11. The van der Waals surface area contributed by atoms with Gasteiger partial charge in [0.2, 0.25) is 5.91 Å². The fourth-order valence-corrected chi connectivity index (χ4v) is 2.93. The molecular weight excluding hydrogens is 313 g/mol. The second-order valence-corrected chi connectivity index (χ2v) is 5.79. The lowest BCUT2D eigenvalue weighted by molar-refractivity contribution is -0.150. The maximum Gasteiger partial charge on any atom is 0.326 e. The fraction of sp³-hybridized carbons (Fsp3) is 0.333. The van der Waals surface area contributed by atoms with Gasteiger partial charge < -0.3 is 10.0 Å². The summed E-state index contributed by atoms with van der Waals surface area (Å²) in [6, 6.07) is 4.23. The molecule has 1 atom stereocenters. The van der Waals surface area contributed by atoms with Gasteiger partial charge in [-0.15, -0.1) is 0 Å². The van der Waals surface area contributed by atoms with Crippen molar-refractivity contribution in [2.24, 2.45) is 0 Å². The zero-order valence-corrected chi connectivity index (χ0v) is 12.8. The van der Waals surface area contributed by atoms with Crippen LogP contribution in [0.2, 0.25) is 10.0 Å². The van der Waals surface area contributed by atoms with E-state index < -0.39 is 12.0 Å². The highest BCUT2D eigenvalue weighted by Gasteiger charge is 2.30. The maximum absolute atomic E-state index is 12.2. The van der Waals surface area contributed by atoms with Crippen LogP contribution in [0.15, 0.2) is 24.3 Å². The van der Waals surface area contributed by atoms with E-state index in [0.29, 0.717) is 28.6 Å². The van der Waals surface area contributed by atoms with Crippen molar-refractivity contribution in [3.05, 3.63) is 39.9 Å². The number of halogens is 2. The Morgan fingerprint density at radius 3 is 2.48 bits per heavy atom. The first kappa shape index (κ1) is 15.9. The van der Waals surface area contributed by atoms with Crippen LogP contribution in [-0.2, 0) is 9.59 Å². The first-order chi connectivity index (χ1) is 9.97. The van der Waals surface area contributed by atoms with Gasteiger partial charge in [-0.3, -0.25) is 4.79 Å². The number of carbonyl (C=O) groups excluding carboxylic acids is 1. The van der Waals surface area contributed by atoms with Crippen LogP contribution in [0.4, 0.5) is 0 Å². The number of carboxylic acid groups (broad SMARTS) is 1. The van der Waals surface area contributed by atoms with Gasteiger partial charge in [0.1, 0.15) is 6.04 Å². The molecule has 21 heavy (non-hydrogen) atoms. The lowest BCUT2D eigenvalue weighted by Gasteiger charge is -2.32. The maximum atomic E-state index is 12.2. The van der Waals surface area contributed by atoms with Gasteiger partial charge >= 0.3 is 5.97 Å². The van der Waals surface area contributed by atoms with Gasteiger partial charge in [0, 0.05) is 22.7 Å². The summed E-state index contributed by atoms with van der Waals surface area (Å²) in [5.74, 6) is -1.26. The number of nitrogens with zero attached hydrogens (tertiary/aromatic N) is 1. The van der Waals surface area contributed by atoms with Gasteiger partial charge in [-0.1, -0.05) is 23.2 Å². The topological polar surface area (TPSA) is 57.6 Å². The third kappa shape index (κ3) is 4.22. The number of benzene rings is 1. The highest BCUT2D eigenvalue weighted by molar-refractivity contribution is 6.34. The van der Waals surface area contributed by atoms with Crippen molar-refractivity contribution < 1.29 is 14.7 Å². The Balaban J connectivity index is 2.12. The molecule has 0 saturated carbocycles. The third-order valence-corrected chi connectivity index (χ3v) is 3.81. The molecule has 1 aliphatic rings. The fourth-order valence-electron chi connectivity index (χ4n) is 2.39. The van der Waals surface area contributed by atoms with Crippen molar-refractivity contribution in [1.82, 2.24) is 4.90 Å². The standard InChI is InChI=1S/C15H15Cl2NO3/c16-11-7-10(8-12(17)9-11)4-5-14(19)18-6-2-1-3-13(18)15(20)21/h4-5,7-9,13H,1-3,6H2,(H,20,21)/b5-4+. The Bertz CT molecular complexity index is 566. The first-order valence-corrected chi connectivity index (χ1v) is 7.40. The lowest BCUT2D eigenvalue weighted by atomic mass is 10.0. The summed E-state index contributed by atoms with van der Waals surface area (Å²) in [6.45, 7) is 0.469. The third-order valence-electron chi connectivity index (χ3n) is 3.37. The van der Waals surface area contributed by atoms with Crippen LogP contribution < -0.4 is 0 Å². The first-order valence-electron chi connectivity index (χ1n) is 6.65. The van der Waals surface area contributed by atoms with E-state index in [9.17, 15) is 9.59 Å². The Labute approximate surface area is 133 Å². The zero-order chi connectivity index (χ0) is 15.4. The van der Waals surface area contributed by atoms with E-state index in [1.54, 1.807) is 24.3 Å². The van der Waals surface area contributed by atoms with E-state index in [1.165, 1.54) is 11.0 Å². The highest BCUT2D eigenvalue weighted by Crippen LogP contribution is 2.21. The predicted molar refractivity (Wildman–Crippen MR) is 82.5 cm³/mol. The van der Waals surface area contributed by atoms with Crippen LogP contribution in [0.3, 0.4) is 0 Å². The van der Waals surface area contributed by atoms with Gasteiger partial charge in [0.25, 0.3) is 0 Å². The number of aliphatic carboxylic acids is 1. The average Bonchev–Trinajstić information content (AvgIpc) is 2.43. The van der Waals surface area contributed by atoms with E-state index in [-0.39, 0.29) is 5.91 Å². The molecule has 0 radical (unpaired) electrons. The van der Waals surface area contributed by atoms with E-state index in [1.807, 2.05) is 0 Å². The van der Waals surface area contributed by atoms with Crippen molar-refractivity contribution in [2.75, 3.05) is 6.54 Å². The smallest absolute Gasteiger partial charge is 0.326 e. The molecule has 0 aromatic heterocycles. The summed E-state index contributed by atoms with van der Waals surface area (Å²) in [4.78, 5) is 24.7. The molecule has 1 fully saturated rings. The number of carbonyl (C=O) groups is 2. The van der Waals surface area contributed by atoms with Gasteiger partial charge in [-0.25, -0.2) is 4.79 Å². The molecule has 1 heterocycles. The number of carboxylic acids is 1. The van der Waals surface area contributed by atoms with E-state index in [0.717, 1.165) is 12.8 Å². The van der Waals surface area contributed by atoms with Crippen molar-refractivity contribution in [3.8, 4) is 0 Å². The van der Waals surface area contributed by atoms with Crippen LogP contribution in [0.1, 0.15) is 24.8 Å². The van der Waals surface area contributed by atoms with Crippen LogP contribution in [0.25, 0.3) is 6.08 Å². The summed E-state index contributed by atoms with van der Waals surface area (Å²) >= 11 is 11.8. The lowest BCUT2D eigenvalue weighted by Crippen LogP contribution is -2.47. The molecule has 0 aliphatic carbocycles.